The van der Waals surface area contributed by atoms with E-state index in [9.17, 15) is 9.59 Å². The van der Waals surface area contributed by atoms with Crippen molar-refractivity contribution in [1.29, 1.82) is 0 Å². The first-order valence-electron chi connectivity index (χ1n) is 10.7. The molecule has 3 heterocycles. The SMILES string of the molecule is COc1ccc(OCC2CN(C3CCN(C(=O)c4cc(Cl)nc(OC)c4)CC3)C(=O)O2)cc1. The molecule has 0 spiro atoms. The fourth-order valence-corrected chi connectivity index (χ4v) is 4.25. The summed E-state index contributed by atoms with van der Waals surface area (Å²) in [7, 11) is 3.08. The maximum atomic E-state index is 12.9. The summed E-state index contributed by atoms with van der Waals surface area (Å²) in [5.41, 5.74) is 0.432. The van der Waals surface area contributed by atoms with Gasteiger partial charge in [-0.1, -0.05) is 11.6 Å². The average molecular weight is 476 g/mol. The molecule has 4 rings (SSSR count). The molecule has 0 saturated carbocycles. The molecule has 2 amide bonds. The van der Waals surface area contributed by atoms with Crippen LogP contribution in [0.15, 0.2) is 36.4 Å². The molecule has 2 fully saturated rings. The average Bonchev–Trinajstić information content (AvgIpc) is 3.22. The number of methoxy groups -OCH3 is 2. The van der Waals surface area contributed by atoms with E-state index in [1.54, 1.807) is 23.0 Å². The lowest BCUT2D eigenvalue weighted by Crippen LogP contribution is -2.47. The van der Waals surface area contributed by atoms with E-state index in [1.807, 2.05) is 24.3 Å². The van der Waals surface area contributed by atoms with Crippen molar-refractivity contribution in [1.82, 2.24) is 14.8 Å². The third kappa shape index (κ3) is 5.42. The van der Waals surface area contributed by atoms with Crippen molar-refractivity contribution >= 4 is 23.6 Å². The largest absolute Gasteiger partial charge is 0.497 e. The fourth-order valence-electron chi connectivity index (χ4n) is 4.05. The van der Waals surface area contributed by atoms with Gasteiger partial charge in [-0.3, -0.25) is 4.79 Å². The van der Waals surface area contributed by atoms with Crippen LogP contribution in [0.3, 0.4) is 0 Å². The number of carbonyl (C=O) groups excluding carboxylic acids is 2. The van der Waals surface area contributed by atoms with Gasteiger partial charge < -0.3 is 28.7 Å². The number of nitrogens with zero attached hydrogens (tertiary/aromatic N) is 3. The Hall–Kier alpha value is -3.20. The highest BCUT2D eigenvalue weighted by Crippen LogP contribution is 2.25. The molecular weight excluding hydrogens is 450 g/mol. The molecule has 1 atom stereocenters. The van der Waals surface area contributed by atoms with Gasteiger partial charge in [-0.2, -0.15) is 0 Å². The molecule has 0 N–H and O–H groups in total. The second-order valence-electron chi connectivity index (χ2n) is 7.89. The van der Waals surface area contributed by atoms with Crippen molar-refractivity contribution < 1.29 is 28.5 Å². The van der Waals surface area contributed by atoms with Gasteiger partial charge in [-0.05, 0) is 43.2 Å². The Balaban J connectivity index is 1.28. The van der Waals surface area contributed by atoms with Gasteiger partial charge in [0.1, 0.15) is 23.3 Å². The minimum absolute atomic E-state index is 0.0168. The van der Waals surface area contributed by atoms with Crippen molar-refractivity contribution in [3.05, 3.63) is 47.1 Å². The Kier molecular flexibility index (Phi) is 7.08. The van der Waals surface area contributed by atoms with Gasteiger partial charge in [0.25, 0.3) is 5.91 Å². The van der Waals surface area contributed by atoms with Gasteiger partial charge in [0.05, 0.1) is 20.8 Å². The zero-order valence-electron chi connectivity index (χ0n) is 18.5. The second-order valence-corrected chi connectivity index (χ2v) is 8.28. The predicted molar refractivity (Wildman–Crippen MR) is 120 cm³/mol. The van der Waals surface area contributed by atoms with E-state index in [1.165, 1.54) is 13.2 Å². The van der Waals surface area contributed by atoms with Crippen LogP contribution in [0.4, 0.5) is 4.79 Å². The van der Waals surface area contributed by atoms with Crippen LogP contribution in [0.2, 0.25) is 5.15 Å². The van der Waals surface area contributed by atoms with Crippen molar-refractivity contribution in [3.63, 3.8) is 0 Å². The van der Waals surface area contributed by atoms with Gasteiger partial charge in [0.15, 0.2) is 6.10 Å². The lowest BCUT2D eigenvalue weighted by molar-refractivity contribution is 0.0657. The molecule has 10 heteroatoms. The number of amides is 2. The van der Waals surface area contributed by atoms with Crippen LogP contribution < -0.4 is 14.2 Å². The highest BCUT2D eigenvalue weighted by Gasteiger charge is 2.38. The Morgan fingerprint density at radius 2 is 1.82 bits per heavy atom. The van der Waals surface area contributed by atoms with Crippen LogP contribution in [-0.2, 0) is 4.74 Å². The van der Waals surface area contributed by atoms with Crippen LogP contribution in [0, 0.1) is 0 Å². The van der Waals surface area contributed by atoms with Crippen molar-refractivity contribution in [2.45, 2.75) is 25.0 Å². The first-order chi connectivity index (χ1) is 16.0. The second kappa shape index (κ2) is 10.2. The molecule has 1 aromatic heterocycles. The summed E-state index contributed by atoms with van der Waals surface area (Å²) in [6.07, 6.45) is 0.658. The Morgan fingerprint density at radius 1 is 1.12 bits per heavy atom. The van der Waals surface area contributed by atoms with Crippen molar-refractivity contribution in [2.75, 3.05) is 40.5 Å². The monoisotopic (exact) mass is 475 g/mol. The molecule has 0 radical (unpaired) electrons. The van der Waals surface area contributed by atoms with E-state index in [0.29, 0.717) is 49.7 Å². The van der Waals surface area contributed by atoms with Crippen LogP contribution in [0.1, 0.15) is 23.2 Å². The maximum Gasteiger partial charge on any atom is 0.410 e. The minimum atomic E-state index is -0.342. The summed E-state index contributed by atoms with van der Waals surface area (Å²) in [4.78, 5) is 32.8. The molecule has 2 aliphatic rings. The standard InChI is InChI=1S/C23H26ClN3O6/c1-30-17-3-5-18(6-4-17)32-14-19-13-27(23(29)33-19)16-7-9-26(10-8-16)22(28)15-11-20(24)25-21(12-15)31-2/h3-6,11-12,16,19H,7-10,13-14H2,1-2H3. The molecule has 2 aromatic rings. The molecule has 2 aliphatic heterocycles. The molecular formula is C23H26ClN3O6. The van der Waals surface area contributed by atoms with Crippen LogP contribution >= 0.6 is 11.6 Å². The van der Waals surface area contributed by atoms with Crippen LogP contribution in [-0.4, -0.2) is 79.4 Å². The highest BCUT2D eigenvalue weighted by atomic mass is 35.5. The van der Waals surface area contributed by atoms with Crippen molar-refractivity contribution in [2.24, 2.45) is 0 Å². The number of aromatic nitrogens is 1. The number of halogens is 1. The van der Waals surface area contributed by atoms with E-state index in [4.69, 9.17) is 30.5 Å². The number of carbonyl (C=O) groups is 2. The summed E-state index contributed by atoms with van der Waals surface area (Å²) >= 11 is 5.99. The quantitative estimate of drug-likeness (QED) is 0.568. The first kappa shape index (κ1) is 23.0. The summed E-state index contributed by atoms with van der Waals surface area (Å²) in [6.45, 7) is 1.80. The van der Waals surface area contributed by atoms with Gasteiger partial charge in [-0.15, -0.1) is 0 Å². The number of hydrogen-bond acceptors (Lipinski definition) is 7. The molecule has 1 aromatic carbocycles. The smallest absolute Gasteiger partial charge is 0.410 e. The lowest BCUT2D eigenvalue weighted by atomic mass is 10.0. The van der Waals surface area contributed by atoms with E-state index in [0.717, 1.165) is 5.75 Å². The Morgan fingerprint density at radius 3 is 2.48 bits per heavy atom. The third-order valence-corrected chi connectivity index (χ3v) is 6.01. The van der Waals surface area contributed by atoms with E-state index in [-0.39, 0.29) is 35.9 Å². The maximum absolute atomic E-state index is 12.9. The Bertz CT molecular complexity index is 994. The van der Waals surface area contributed by atoms with Gasteiger partial charge in [0, 0.05) is 30.8 Å². The highest BCUT2D eigenvalue weighted by molar-refractivity contribution is 6.29. The molecule has 0 bridgehead atoms. The molecule has 2 saturated heterocycles. The molecule has 0 aliphatic carbocycles. The number of ether oxygens (including phenoxy) is 4. The number of pyridine rings is 1. The lowest BCUT2D eigenvalue weighted by Gasteiger charge is -2.35. The molecule has 9 nitrogen and oxygen atoms in total. The Labute approximate surface area is 197 Å². The summed E-state index contributed by atoms with van der Waals surface area (Å²) in [5.74, 6) is 1.59. The predicted octanol–water partition coefficient (Wildman–Crippen LogP) is 3.26. The van der Waals surface area contributed by atoms with E-state index >= 15 is 0 Å². The first-order valence-corrected chi connectivity index (χ1v) is 11.1. The van der Waals surface area contributed by atoms with Crippen LogP contribution in [0.25, 0.3) is 0 Å². The minimum Gasteiger partial charge on any atom is -0.497 e. The molecule has 1 unspecified atom stereocenters. The van der Waals surface area contributed by atoms with Gasteiger partial charge in [0.2, 0.25) is 5.88 Å². The van der Waals surface area contributed by atoms with E-state index in [2.05, 4.69) is 4.98 Å². The number of benzene rings is 1. The third-order valence-electron chi connectivity index (χ3n) is 5.82. The van der Waals surface area contributed by atoms with E-state index < -0.39 is 0 Å². The summed E-state index contributed by atoms with van der Waals surface area (Å²) in [5, 5.41) is 0.204. The van der Waals surface area contributed by atoms with Gasteiger partial charge >= 0.3 is 6.09 Å². The number of hydrogen-bond donors (Lipinski definition) is 0. The molecule has 176 valence electrons. The number of likely N-dealkylation sites (tertiary alicyclic amines) is 1. The topological polar surface area (TPSA) is 90.4 Å². The number of rotatable bonds is 7. The van der Waals surface area contributed by atoms with Crippen molar-refractivity contribution in [3.8, 4) is 17.4 Å². The zero-order valence-corrected chi connectivity index (χ0v) is 19.3. The number of cyclic esters (lactones) is 1. The van der Waals surface area contributed by atoms with Crippen LogP contribution in [0.5, 0.6) is 17.4 Å². The van der Waals surface area contributed by atoms with Gasteiger partial charge in [-0.25, -0.2) is 9.78 Å². The summed E-state index contributed by atoms with van der Waals surface area (Å²) < 4.78 is 21.5. The zero-order chi connectivity index (χ0) is 23.4. The summed E-state index contributed by atoms with van der Waals surface area (Å²) in [6, 6.07) is 10.4. The molecule has 33 heavy (non-hydrogen) atoms. The number of piperidine rings is 1. The fraction of sp³-hybridized carbons (Fsp3) is 0.435. The normalized spacial score (nSPS) is 18.8.